The number of halogens is 1. The molecule has 0 saturated heterocycles. The first kappa shape index (κ1) is 8.16. The quantitative estimate of drug-likeness (QED) is 0.690. The molecule has 2 aromatic rings. The summed E-state index contributed by atoms with van der Waals surface area (Å²) in [4.78, 5) is 11.3. The van der Waals surface area contributed by atoms with E-state index in [-0.39, 0.29) is 10.5 Å². The molecule has 0 atom stereocenters. The fourth-order valence-electron chi connectivity index (χ4n) is 0.889. The van der Waals surface area contributed by atoms with Crippen LogP contribution in [0, 0.1) is 0 Å². The van der Waals surface area contributed by atoms with E-state index < -0.39 is 0 Å². The number of thiol groups is 1. The minimum atomic E-state index is -0.291. The van der Waals surface area contributed by atoms with Crippen molar-refractivity contribution in [3.8, 4) is 0 Å². The van der Waals surface area contributed by atoms with Gasteiger partial charge in [-0.25, -0.2) is 0 Å². The van der Waals surface area contributed by atoms with Gasteiger partial charge in [0, 0.05) is 0 Å². The van der Waals surface area contributed by atoms with Crippen LogP contribution in [0.3, 0.4) is 0 Å². The van der Waals surface area contributed by atoms with Crippen molar-refractivity contribution >= 4 is 45.8 Å². The molecule has 0 aliphatic heterocycles. The van der Waals surface area contributed by atoms with Gasteiger partial charge < -0.3 is 4.42 Å². The average Bonchev–Trinajstić information content (AvgIpc) is 2.48. The lowest BCUT2D eigenvalue weighted by molar-refractivity contribution is 0.613. The molecule has 62 valence electrons. The van der Waals surface area contributed by atoms with E-state index in [0.29, 0.717) is 9.79 Å². The van der Waals surface area contributed by atoms with E-state index in [1.54, 1.807) is 6.07 Å². The van der Waals surface area contributed by atoms with Crippen molar-refractivity contribution in [1.29, 1.82) is 0 Å². The van der Waals surface area contributed by atoms with Gasteiger partial charge in [-0.1, -0.05) is 11.6 Å². The second kappa shape index (κ2) is 2.80. The molecule has 0 N–H and O–H groups in total. The Kier molecular flexibility index (Phi) is 1.90. The minimum absolute atomic E-state index is 0.130. The molecule has 0 amide bonds. The first-order valence-corrected chi connectivity index (χ1v) is 4.73. The second-order valence-corrected chi connectivity index (χ2v) is 4.34. The van der Waals surface area contributed by atoms with Crippen molar-refractivity contribution in [2.75, 3.05) is 0 Å². The number of hydrogen-bond acceptors (Lipinski definition) is 4. The van der Waals surface area contributed by atoms with Crippen LogP contribution < -0.4 is 5.43 Å². The molecule has 0 saturated carbocycles. The van der Waals surface area contributed by atoms with Crippen LogP contribution in [0.1, 0.15) is 0 Å². The summed E-state index contributed by atoms with van der Waals surface area (Å²) in [6.45, 7) is 0. The van der Waals surface area contributed by atoms with Crippen LogP contribution in [0.5, 0.6) is 0 Å². The molecule has 0 radical (unpaired) electrons. The van der Waals surface area contributed by atoms with Crippen molar-refractivity contribution in [3.05, 3.63) is 27.6 Å². The number of furan rings is 1. The third-order valence-electron chi connectivity index (χ3n) is 1.43. The van der Waals surface area contributed by atoms with Gasteiger partial charge in [-0.15, -0.1) is 24.0 Å². The third kappa shape index (κ3) is 1.07. The van der Waals surface area contributed by atoms with Gasteiger partial charge in [0.05, 0.1) is 15.2 Å². The van der Waals surface area contributed by atoms with Crippen LogP contribution in [0.4, 0.5) is 0 Å². The molecule has 0 unspecified atom stereocenters. The number of fused-ring (bicyclic) bond motifs is 1. The van der Waals surface area contributed by atoms with E-state index in [1.165, 1.54) is 17.6 Å². The van der Waals surface area contributed by atoms with Gasteiger partial charge in [0.1, 0.15) is 5.02 Å². The molecule has 2 aromatic heterocycles. The first-order chi connectivity index (χ1) is 5.70. The lowest BCUT2D eigenvalue weighted by Gasteiger charge is -1.92. The summed E-state index contributed by atoms with van der Waals surface area (Å²) in [5.41, 5.74) is 0.0169. The summed E-state index contributed by atoms with van der Waals surface area (Å²) in [7, 11) is 0. The highest BCUT2D eigenvalue weighted by Crippen LogP contribution is 2.27. The average molecular weight is 219 g/mol. The van der Waals surface area contributed by atoms with Gasteiger partial charge in [0.25, 0.3) is 0 Å². The van der Waals surface area contributed by atoms with Crippen molar-refractivity contribution in [2.45, 2.75) is 4.21 Å². The highest BCUT2D eigenvalue weighted by molar-refractivity contribution is 7.83. The topological polar surface area (TPSA) is 30.2 Å². The van der Waals surface area contributed by atoms with Gasteiger partial charge in [-0.2, -0.15) is 0 Å². The summed E-state index contributed by atoms with van der Waals surface area (Å²) in [6, 6.07) is 1.72. The summed E-state index contributed by atoms with van der Waals surface area (Å²) >= 11 is 11.1. The monoisotopic (exact) mass is 218 g/mol. The van der Waals surface area contributed by atoms with Crippen LogP contribution in [0.2, 0.25) is 5.02 Å². The highest BCUT2D eigenvalue weighted by atomic mass is 35.5. The van der Waals surface area contributed by atoms with E-state index in [2.05, 4.69) is 12.6 Å². The Balaban J connectivity index is 3.05. The Morgan fingerprint density at radius 1 is 1.58 bits per heavy atom. The Labute approximate surface area is 82.2 Å². The molecule has 0 fully saturated rings. The fraction of sp³-hybridized carbons (Fsp3) is 0. The molecule has 0 aliphatic carbocycles. The van der Waals surface area contributed by atoms with Gasteiger partial charge in [0.2, 0.25) is 5.43 Å². The molecule has 0 aromatic carbocycles. The van der Waals surface area contributed by atoms with Crippen molar-refractivity contribution < 1.29 is 4.42 Å². The molecular formula is C7H3ClO2S2. The van der Waals surface area contributed by atoms with Crippen molar-refractivity contribution in [1.82, 2.24) is 0 Å². The predicted molar refractivity (Wildman–Crippen MR) is 52.6 cm³/mol. The molecular weight excluding hydrogens is 216 g/mol. The largest absolute Gasteiger partial charge is 0.459 e. The lowest BCUT2D eigenvalue weighted by atomic mass is 10.4. The van der Waals surface area contributed by atoms with E-state index in [1.807, 2.05) is 0 Å². The Morgan fingerprint density at radius 3 is 3.08 bits per heavy atom. The van der Waals surface area contributed by atoms with Gasteiger partial charge in [-0.3, -0.25) is 4.79 Å². The maximum absolute atomic E-state index is 11.3. The Hall–Kier alpha value is -0.450. The highest BCUT2D eigenvalue weighted by Gasteiger charge is 2.09. The van der Waals surface area contributed by atoms with E-state index >= 15 is 0 Å². The zero-order valence-corrected chi connectivity index (χ0v) is 8.17. The van der Waals surface area contributed by atoms with Crippen molar-refractivity contribution in [2.24, 2.45) is 0 Å². The van der Waals surface area contributed by atoms with Crippen LogP contribution in [0.25, 0.3) is 10.3 Å². The molecule has 0 bridgehead atoms. The van der Waals surface area contributed by atoms with Crippen LogP contribution in [0.15, 0.2) is 25.8 Å². The maximum Gasteiger partial charge on any atom is 0.242 e. The van der Waals surface area contributed by atoms with Gasteiger partial charge >= 0.3 is 0 Å². The molecule has 0 aliphatic rings. The van der Waals surface area contributed by atoms with E-state index in [0.717, 1.165) is 4.70 Å². The smallest absolute Gasteiger partial charge is 0.242 e. The number of hydrogen-bond donors (Lipinski definition) is 1. The van der Waals surface area contributed by atoms with Crippen LogP contribution >= 0.6 is 35.6 Å². The summed E-state index contributed by atoms with van der Waals surface area (Å²) < 4.78 is 6.26. The molecule has 2 heterocycles. The molecule has 0 spiro atoms. The standard InChI is InChI=1S/C7H3ClO2S2/c8-4-5(9)6-3(1-2-10-6)12-7(4)11/h1-2,11H. The Bertz CT molecular complexity index is 486. The normalized spacial score (nSPS) is 10.8. The van der Waals surface area contributed by atoms with Crippen molar-refractivity contribution in [3.63, 3.8) is 0 Å². The molecule has 12 heavy (non-hydrogen) atoms. The minimum Gasteiger partial charge on any atom is -0.459 e. The SMILES string of the molecule is O=c1c(Cl)c(S)sc2ccoc12. The molecule has 2 nitrogen and oxygen atoms in total. The zero-order chi connectivity index (χ0) is 8.72. The first-order valence-electron chi connectivity index (χ1n) is 3.09. The Morgan fingerprint density at radius 2 is 2.33 bits per heavy atom. The maximum atomic E-state index is 11.3. The third-order valence-corrected chi connectivity index (χ3v) is 3.47. The number of rotatable bonds is 0. The fourth-order valence-corrected chi connectivity index (χ4v) is 2.24. The van der Waals surface area contributed by atoms with Gasteiger partial charge in [-0.05, 0) is 6.07 Å². The molecule has 2 rings (SSSR count). The van der Waals surface area contributed by atoms with E-state index in [9.17, 15) is 4.79 Å². The lowest BCUT2D eigenvalue weighted by Crippen LogP contribution is -1.99. The van der Waals surface area contributed by atoms with Crippen LogP contribution in [-0.4, -0.2) is 0 Å². The predicted octanol–water partition coefficient (Wildman–Crippen LogP) is 2.80. The summed E-state index contributed by atoms with van der Waals surface area (Å²) in [5, 5.41) is 0.130. The summed E-state index contributed by atoms with van der Waals surface area (Å²) in [5.74, 6) is 0. The second-order valence-electron chi connectivity index (χ2n) is 2.16. The molecule has 5 heteroatoms. The van der Waals surface area contributed by atoms with E-state index in [4.69, 9.17) is 16.0 Å². The van der Waals surface area contributed by atoms with Gasteiger partial charge in [0.15, 0.2) is 5.58 Å². The van der Waals surface area contributed by atoms with Crippen LogP contribution in [-0.2, 0) is 0 Å². The summed E-state index contributed by atoms with van der Waals surface area (Å²) in [6.07, 6.45) is 1.46. The zero-order valence-electron chi connectivity index (χ0n) is 5.70.